The number of nitrogens with two attached hydrogens (primary N) is 1. The quantitative estimate of drug-likeness (QED) is 0.763. The van der Waals surface area contributed by atoms with Crippen LogP contribution in [0.5, 0.6) is 0 Å². The maximum atomic E-state index is 6.06. The molecule has 1 heterocycles. The first-order chi connectivity index (χ1) is 7.16. The van der Waals surface area contributed by atoms with Crippen molar-refractivity contribution in [1.29, 1.82) is 0 Å². The number of hydrogen-bond donors (Lipinski definition) is 1. The average molecular weight is 230 g/mol. The van der Waals surface area contributed by atoms with E-state index in [1.54, 1.807) is 0 Å². The van der Waals surface area contributed by atoms with E-state index in [1.165, 1.54) is 12.8 Å². The van der Waals surface area contributed by atoms with Gasteiger partial charge in [-0.3, -0.25) is 4.68 Å². The highest BCUT2D eigenvalue weighted by molar-refractivity contribution is 6.31. The predicted molar refractivity (Wildman–Crippen MR) is 64.2 cm³/mol. The van der Waals surface area contributed by atoms with Crippen molar-refractivity contribution in [3.63, 3.8) is 0 Å². The summed E-state index contributed by atoms with van der Waals surface area (Å²) in [5.41, 5.74) is 7.44. The molecule has 0 atom stereocenters. The molecule has 0 radical (unpaired) electrons. The molecule has 86 valence electrons. The monoisotopic (exact) mass is 229 g/mol. The summed E-state index contributed by atoms with van der Waals surface area (Å²) >= 11 is 6.06. The summed E-state index contributed by atoms with van der Waals surface area (Å²) < 4.78 is 2.00. The van der Waals surface area contributed by atoms with Gasteiger partial charge >= 0.3 is 0 Å². The normalized spacial score (nSPS) is 10.9. The number of unbranched alkanes of at least 4 members (excludes halogenated alkanes) is 3. The average Bonchev–Trinajstić information content (AvgIpc) is 2.46. The molecule has 0 aliphatic heterocycles. The number of rotatable bonds is 6. The van der Waals surface area contributed by atoms with Crippen molar-refractivity contribution in [2.75, 3.05) is 6.54 Å². The van der Waals surface area contributed by atoms with Gasteiger partial charge in [-0.05, 0) is 33.2 Å². The molecule has 4 heteroatoms. The fourth-order valence-corrected chi connectivity index (χ4v) is 1.79. The molecule has 2 N–H and O–H groups in total. The Bertz CT molecular complexity index is 307. The molecule has 0 amide bonds. The first-order valence-corrected chi connectivity index (χ1v) is 5.94. The van der Waals surface area contributed by atoms with Crippen molar-refractivity contribution in [2.24, 2.45) is 5.73 Å². The van der Waals surface area contributed by atoms with Crippen LogP contribution >= 0.6 is 11.6 Å². The van der Waals surface area contributed by atoms with Crippen LogP contribution in [0.15, 0.2) is 0 Å². The van der Waals surface area contributed by atoms with Crippen molar-refractivity contribution in [2.45, 2.75) is 46.1 Å². The first kappa shape index (κ1) is 12.5. The molecule has 0 spiro atoms. The lowest BCUT2D eigenvalue weighted by Gasteiger charge is -2.03. The molecule has 0 fully saturated rings. The van der Waals surface area contributed by atoms with Gasteiger partial charge in [0.1, 0.15) is 0 Å². The van der Waals surface area contributed by atoms with E-state index in [9.17, 15) is 0 Å². The molecule has 0 bridgehead atoms. The van der Waals surface area contributed by atoms with E-state index in [4.69, 9.17) is 17.3 Å². The van der Waals surface area contributed by atoms with Gasteiger partial charge in [-0.15, -0.1) is 0 Å². The van der Waals surface area contributed by atoms with E-state index < -0.39 is 0 Å². The van der Waals surface area contributed by atoms with Crippen LogP contribution < -0.4 is 5.73 Å². The largest absolute Gasteiger partial charge is 0.330 e. The molecule has 1 aromatic heterocycles. The standard InChI is InChI=1S/C11H20ClN3/c1-9-11(12)10(2)15(14-9)8-6-4-3-5-7-13/h3-8,13H2,1-2H3. The Kier molecular flexibility index (Phi) is 5.12. The van der Waals surface area contributed by atoms with Gasteiger partial charge in [-0.25, -0.2) is 0 Å². The van der Waals surface area contributed by atoms with Crippen LogP contribution in [0.25, 0.3) is 0 Å². The van der Waals surface area contributed by atoms with Crippen molar-refractivity contribution in [1.82, 2.24) is 9.78 Å². The van der Waals surface area contributed by atoms with Gasteiger partial charge in [0.05, 0.1) is 16.4 Å². The Morgan fingerprint density at radius 1 is 1.20 bits per heavy atom. The molecule has 0 aromatic carbocycles. The molecule has 0 saturated carbocycles. The van der Waals surface area contributed by atoms with Crippen molar-refractivity contribution in [3.05, 3.63) is 16.4 Å². The maximum absolute atomic E-state index is 6.06. The SMILES string of the molecule is Cc1nn(CCCCCCN)c(C)c1Cl. The third kappa shape index (κ3) is 3.50. The Morgan fingerprint density at radius 3 is 2.40 bits per heavy atom. The molecule has 15 heavy (non-hydrogen) atoms. The zero-order chi connectivity index (χ0) is 11.3. The highest BCUT2D eigenvalue weighted by Crippen LogP contribution is 2.19. The van der Waals surface area contributed by atoms with Crippen LogP contribution in [0, 0.1) is 13.8 Å². The third-order valence-corrected chi connectivity index (χ3v) is 3.16. The molecular formula is C11H20ClN3. The Morgan fingerprint density at radius 2 is 1.87 bits per heavy atom. The topological polar surface area (TPSA) is 43.8 Å². The number of aromatic nitrogens is 2. The van der Waals surface area contributed by atoms with Crippen LogP contribution in [0.3, 0.4) is 0 Å². The zero-order valence-corrected chi connectivity index (χ0v) is 10.3. The zero-order valence-electron chi connectivity index (χ0n) is 9.59. The molecule has 1 rings (SSSR count). The Hall–Kier alpha value is -0.540. The summed E-state index contributed by atoms with van der Waals surface area (Å²) in [6.45, 7) is 5.72. The van der Waals surface area contributed by atoms with E-state index in [1.807, 2.05) is 18.5 Å². The number of hydrogen-bond acceptors (Lipinski definition) is 2. The third-order valence-electron chi connectivity index (χ3n) is 2.62. The van der Waals surface area contributed by atoms with Gasteiger partial charge in [0.25, 0.3) is 0 Å². The Balaban J connectivity index is 2.34. The summed E-state index contributed by atoms with van der Waals surface area (Å²) in [7, 11) is 0. The second kappa shape index (κ2) is 6.13. The summed E-state index contributed by atoms with van der Waals surface area (Å²) in [4.78, 5) is 0. The molecular weight excluding hydrogens is 210 g/mol. The van der Waals surface area contributed by atoms with Crippen LogP contribution in [0.4, 0.5) is 0 Å². The lowest BCUT2D eigenvalue weighted by molar-refractivity contribution is 0.526. The number of aryl methyl sites for hydroxylation is 2. The van der Waals surface area contributed by atoms with Gasteiger partial charge in [0, 0.05) is 6.54 Å². The second-order valence-electron chi connectivity index (χ2n) is 3.91. The van der Waals surface area contributed by atoms with Gasteiger partial charge in [-0.2, -0.15) is 5.10 Å². The van der Waals surface area contributed by atoms with E-state index in [0.717, 1.165) is 42.3 Å². The summed E-state index contributed by atoms with van der Waals surface area (Å²) in [5, 5.41) is 5.19. The van der Waals surface area contributed by atoms with Gasteiger partial charge in [-0.1, -0.05) is 24.4 Å². The smallest absolute Gasteiger partial charge is 0.0844 e. The van der Waals surface area contributed by atoms with E-state index >= 15 is 0 Å². The highest BCUT2D eigenvalue weighted by Gasteiger charge is 2.07. The van der Waals surface area contributed by atoms with E-state index in [2.05, 4.69) is 5.10 Å². The van der Waals surface area contributed by atoms with Crippen molar-refractivity contribution < 1.29 is 0 Å². The van der Waals surface area contributed by atoms with Crippen LogP contribution in [-0.4, -0.2) is 16.3 Å². The van der Waals surface area contributed by atoms with E-state index in [-0.39, 0.29) is 0 Å². The van der Waals surface area contributed by atoms with Crippen molar-refractivity contribution >= 4 is 11.6 Å². The van der Waals surface area contributed by atoms with Crippen LogP contribution in [0.2, 0.25) is 5.02 Å². The van der Waals surface area contributed by atoms with Gasteiger partial charge in [0.15, 0.2) is 0 Å². The Labute approximate surface area is 96.6 Å². The second-order valence-corrected chi connectivity index (χ2v) is 4.29. The maximum Gasteiger partial charge on any atom is 0.0844 e. The number of halogens is 1. The lowest BCUT2D eigenvalue weighted by atomic mass is 10.2. The summed E-state index contributed by atoms with van der Waals surface area (Å²) in [5.74, 6) is 0. The minimum Gasteiger partial charge on any atom is -0.330 e. The predicted octanol–water partition coefficient (Wildman–Crippen LogP) is 2.67. The fraction of sp³-hybridized carbons (Fsp3) is 0.727. The van der Waals surface area contributed by atoms with Crippen molar-refractivity contribution in [3.8, 4) is 0 Å². The van der Waals surface area contributed by atoms with Gasteiger partial charge in [0.2, 0.25) is 0 Å². The summed E-state index contributed by atoms with van der Waals surface area (Å²) in [6, 6.07) is 0. The minimum atomic E-state index is 0.797. The molecule has 0 aliphatic rings. The molecule has 0 aliphatic carbocycles. The first-order valence-electron chi connectivity index (χ1n) is 5.56. The lowest BCUT2D eigenvalue weighted by Crippen LogP contribution is -2.03. The number of nitrogens with zero attached hydrogens (tertiary/aromatic N) is 2. The molecule has 0 saturated heterocycles. The van der Waals surface area contributed by atoms with Crippen LogP contribution in [0.1, 0.15) is 37.1 Å². The fourth-order valence-electron chi connectivity index (χ4n) is 1.65. The van der Waals surface area contributed by atoms with Gasteiger partial charge < -0.3 is 5.73 Å². The molecule has 0 unspecified atom stereocenters. The molecule has 1 aromatic rings. The van der Waals surface area contributed by atoms with Crippen LogP contribution in [-0.2, 0) is 6.54 Å². The van der Waals surface area contributed by atoms with E-state index in [0.29, 0.717) is 0 Å². The molecule has 3 nitrogen and oxygen atoms in total. The highest BCUT2D eigenvalue weighted by atomic mass is 35.5. The minimum absolute atomic E-state index is 0.797. The summed E-state index contributed by atoms with van der Waals surface area (Å²) in [6.07, 6.45) is 4.70.